The SMILES string of the molecule is CCCc1nc(C(=O)NCC[C@H](O)C(=O)O)n[nH]1. The number of hydrogen-bond acceptors (Lipinski definition) is 5. The fourth-order valence-corrected chi connectivity index (χ4v) is 1.27. The van der Waals surface area contributed by atoms with Crippen LogP contribution in [0.5, 0.6) is 0 Å². The molecular formula is C10H16N4O4. The number of hydrogen-bond donors (Lipinski definition) is 4. The minimum atomic E-state index is -1.48. The van der Waals surface area contributed by atoms with Crippen LogP contribution in [0.3, 0.4) is 0 Å². The third-order valence-electron chi connectivity index (χ3n) is 2.21. The van der Waals surface area contributed by atoms with Crippen molar-refractivity contribution in [3.8, 4) is 0 Å². The molecule has 0 fully saturated rings. The molecule has 0 aliphatic heterocycles. The minimum Gasteiger partial charge on any atom is -0.479 e. The lowest BCUT2D eigenvalue weighted by Gasteiger charge is -2.05. The van der Waals surface area contributed by atoms with Crippen LogP contribution in [0.2, 0.25) is 0 Å². The third kappa shape index (κ3) is 4.13. The highest BCUT2D eigenvalue weighted by Crippen LogP contribution is 1.97. The lowest BCUT2D eigenvalue weighted by molar-refractivity contribution is -0.146. The fourth-order valence-electron chi connectivity index (χ4n) is 1.27. The molecule has 0 unspecified atom stereocenters. The Labute approximate surface area is 103 Å². The maximum atomic E-state index is 11.5. The van der Waals surface area contributed by atoms with Gasteiger partial charge in [-0.3, -0.25) is 9.89 Å². The first-order chi connectivity index (χ1) is 8.54. The Hall–Kier alpha value is -1.96. The average Bonchev–Trinajstić information content (AvgIpc) is 2.77. The van der Waals surface area contributed by atoms with Crippen LogP contribution in [0.1, 0.15) is 36.2 Å². The van der Waals surface area contributed by atoms with Crippen molar-refractivity contribution in [2.45, 2.75) is 32.3 Å². The highest BCUT2D eigenvalue weighted by atomic mass is 16.4. The zero-order chi connectivity index (χ0) is 13.5. The number of aromatic nitrogens is 3. The Balaban J connectivity index is 2.38. The standard InChI is InChI=1S/C10H16N4O4/c1-2-3-7-12-8(14-13-7)9(16)11-5-4-6(15)10(17)18/h6,15H,2-5H2,1H3,(H,11,16)(H,17,18)(H,12,13,14)/t6-/m0/s1. The van der Waals surface area contributed by atoms with Gasteiger partial charge in [0.15, 0.2) is 6.10 Å². The molecule has 1 atom stereocenters. The number of amides is 1. The summed E-state index contributed by atoms with van der Waals surface area (Å²) in [5.41, 5.74) is 0. The number of aromatic amines is 1. The Morgan fingerprint density at radius 3 is 2.83 bits per heavy atom. The summed E-state index contributed by atoms with van der Waals surface area (Å²) in [6, 6.07) is 0. The van der Waals surface area contributed by atoms with E-state index in [9.17, 15) is 9.59 Å². The van der Waals surface area contributed by atoms with Gasteiger partial charge in [0.2, 0.25) is 5.82 Å². The van der Waals surface area contributed by atoms with E-state index in [2.05, 4.69) is 20.5 Å². The lowest BCUT2D eigenvalue weighted by atomic mass is 10.2. The smallest absolute Gasteiger partial charge is 0.332 e. The second-order valence-corrected chi connectivity index (χ2v) is 3.75. The van der Waals surface area contributed by atoms with E-state index < -0.39 is 18.0 Å². The van der Waals surface area contributed by atoms with E-state index in [0.717, 1.165) is 6.42 Å². The largest absolute Gasteiger partial charge is 0.479 e. The van der Waals surface area contributed by atoms with Crippen molar-refractivity contribution in [2.75, 3.05) is 6.54 Å². The van der Waals surface area contributed by atoms with Gasteiger partial charge < -0.3 is 15.5 Å². The number of H-pyrrole nitrogens is 1. The van der Waals surface area contributed by atoms with Crippen LogP contribution in [0, 0.1) is 0 Å². The van der Waals surface area contributed by atoms with Gasteiger partial charge in [0.1, 0.15) is 5.82 Å². The highest BCUT2D eigenvalue weighted by Gasteiger charge is 2.15. The maximum absolute atomic E-state index is 11.5. The van der Waals surface area contributed by atoms with Crippen molar-refractivity contribution in [3.05, 3.63) is 11.6 Å². The van der Waals surface area contributed by atoms with Crippen molar-refractivity contribution in [3.63, 3.8) is 0 Å². The number of aliphatic hydroxyl groups excluding tert-OH is 1. The van der Waals surface area contributed by atoms with E-state index in [1.165, 1.54) is 0 Å². The molecule has 1 rings (SSSR count). The summed E-state index contributed by atoms with van der Waals surface area (Å²) in [5.74, 6) is -1.16. The van der Waals surface area contributed by atoms with E-state index in [0.29, 0.717) is 12.2 Å². The van der Waals surface area contributed by atoms with Gasteiger partial charge in [-0.15, -0.1) is 5.10 Å². The number of carbonyl (C=O) groups excluding carboxylic acids is 1. The fraction of sp³-hybridized carbons (Fsp3) is 0.600. The van der Waals surface area contributed by atoms with Gasteiger partial charge in [0.25, 0.3) is 5.91 Å². The highest BCUT2D eigenvalue weighted by molar-refractivity contribution is 5.90. The molecular weight excluding hydrogens is 240 g/mol. The van der Waals surface area contributed by atoms with E-state index in [-0.39, 0.29) is 18.8 Å². The molecule has 1 aromatic heterocycles. The van der Waals surface area contributed by atoms with Gasteiger partial charge in [-0.25, -0.2) is 9.78 Å². The predicted molar refractivity (Wildman–Crippen MR) is 61.0 cm³/mol. The Morgan fingerprint density at radius 1 is 1.50 bits per heavy atom. The molecule has 0 aliphatic carbocycles. The molecule has 0 aromatic carbocycles. The summed E-state index contributed by atoms with van der Waals surface area (Å²) < 4.78 is 0. The van der Waals surface area contributed by atoms with Crippen LogP contribution in [0.25, 0.3) is 0 Å². The Morgan fingerprint density at radius 2 is 2.22 bits per heavy atom. The van der Waals surface area contributed by atoms with Gasteiger partial charge in [-0.05, 0) is 6.42 Å². The molecule has 1 aromatic rings. The predicted octanol–water partition coefficient (Wildman–Crippen LogP) is -0.677. The number of nitrogens with zero attached hydrogens (tertiary/aromatic N) is 2. The molecule has 0 saturated carbocycles. The number of carbonyl (C=O) groups is 2. The molecule has 8 heteroatoms. The van der Waals surface area contributed by atoms with E-state index in [1.54, 1.807) is 0 Å². The third-order valence-corrected chi connectivity index (χ3v) is 2.21. The number of carboxylic acids is 1. The van der Waals surface area contributed by atoms with Crippen molar-refractivity contribution in [1.82, 2.24) is 20.5 Å². The van der Waals surface area contributed by atoms with Gasteiger partial charge in [-0.1, -0.05) is 6.92 Å². The maximum Gasteiger partial charge on any atom is 0.332 e. The van der Waals surface area contributed by atoms with Crippen molar-refractivity contribution in [2.24, 2.45) is 0 Å². The van der Waals surface area contributed by atoms with Crippen LogP contribution in [0.15, 0.2) is 0 Å². The summed E-state index contributed by atoms with van der Waals surface area (Å²) >= 11 is 0. The first-order valence-corrected chi connectivity index (χ1v) is 5.65. The normalized spacial score (nSPS) is 12.1. The zero-order valence-corrected chi connectivity index (χ0v) is 10.0. The van der Waals surface area contributed by atoms with Crippen molar-refractivity contribution >= 4 is 11.9 Å². The van der Waals surface area contributed by atoms with Crippen molar-refractivity contribution < 1.29 is 19.8 Å². The first kappa shape index (κ1) is 14.1. The molecule has 1 heterocycles. The number of aliphatic carboxylic acids is 1. The summed E-state index contributed by atoms with van der Waals surface area (Å²) in [6.07, 6.45) is 0.0555. The minimum absolute atomic E-state index is 0.0169. The molecule has 100 valence electrons. The van der Waals surface area contributed by atoms with Crippen LogP contribution in [-0.2, 0) is 11.2 Å². The second-order valence-electron chi connectivity index (χ2n) is 3.75. The van der Waals surface area contributed by atoms with Crippen LogP contribution >= 0.6 is 0 Å². The number of rotatable bonds is 7. The van der Waals surface area contributed by atoms with Crippen LogP contribution < -0.4 is 5.32 Å². The summed E-state index contributed by atoms with van der Waals surface area (Å²) in [5, 5.41) is 26.2. The number of aliphatic hydroxyl groups is 1. The second kappa shape index (κ2) is 6.70. The first-order valence-electron chi connectivity index (χ1n) is 5.65. The van der Waals surface area contributed by atoms with Gasteiger partial charge in [0.05, 0.1) is 0 Å². The van der Waals surface area contributed by atoms with E-state index in [1.807, 2.05) is 6.92 Å². The summed E-state index contributed by atoms with van der Waals surface area (Å²) in [7, 11) is 0. The Kier molecular flexibility index (Phi) is 5.25. The topological polar surface area (TPSA) is 128 Å². The van der Waals surface area contributed by atoms with Gasteiger partial charge in [-0.2, -0.15) is 0 Å². The number of carboxylic acid groups (broad SMARTS) is 1. The molecule has 0 radical (unpaired) electrons. The molecule has 0 saturated heterocycles. The average molecular weight is 256 g/mol. The van der Waals surface area contributed by atoms with Crippen LogP contribution in [-0.4, -0.2) is 49.9 Å². The van der Waals surface area contributed by atoms with Gasteiger partial charge in [0, 0.05) is 19.4 Å². The molecule has 0 bridgehead atoms. The van der Waals surface area contributed by atoms with Gasteiger partial charge >= 0.3 is 5.97 Å². The molecule has 8 nitrogen and oxygen atoms in total. The lowest BCUT2D eigenvalue weighted by Crippen LogP contribution is -2.30. The molecule has 18 heavy (non-hydrogen) atoms. The number of aryl methyl sites for hydroxylation is 1. The number of nitrogens with one attached hydrogen (secondary N) is 2. The quantitative estimate of drug-likeness (QED) is 0.512. The molecule has 4 N–H and O–H groups in total. The van der Waals surface area contributed by atoms with E-state index in [4.69, 9.17) is 10.2 Å². The molecule has 0 aliphatic rings. The van der Waals surface area contributed by atoms with Crippen molar-refractivity contribution in [1.29, 1.82) is 0 Å². The molecule has 1 amide bonds. The Bertz CT molecular complexity index is 418. The molecule has 0 spiro atoms. The summed E-state index contributed by atoms with van der Waals surface area (Å²) in [6.45, 7) is 2.03. The monoisotopic (exact) mass is 256 g/mol. The zero-order valence-electron chi connectivity index (χ0n) is 10.0. The van der Waals surface area contributed by atoms with Crippen LogP contribution in [0.4, 0.5) is 0 Å². The summed E-state index contributed by atoms with van der Waals surface area (Å²) in [4.78, 5) is 25.8. The van der Waals surface area contributed by atoms with E-state index >= 15 is 0 Å².